The molecular weight excluding hydrogens is 256 g/mol. The van der Waals surface area contributed by atoms with Crippen LogP contribution in [-0.4, -0.2) is 75.7 Å². The molecule has 2 atom stereocenters. The van der Waals surface area contributed by atoms with E-state index in [0.29, 0.717) is 13.1 Å². The van der Waals surface area contributed by atoms with Crippen molar-refractivity contribution < 1.29 is 18.9 Å². The van der Waals surface area contributed by atoms with E-state index < -0.39 is 22.7 Å². The van der Waals surface area contributed by atoms with Crippen molar-refractivity contribution in [2.24, 2.45) is 5.92 Å². The van der Waals surface area contributed by atoms with Crippen LogP contribution in [-0.2, 0) is 20.4 Å². The summed E-state index contributed by atoms with van der Waals surface area (Å²) in [6.45, 7) is 4.45. The lowest BCUT2D eigenvalue weighted by molar-refractivity contribution is -0.140. The van der Waals surface area contributed by atoms with Crippen LogP contribution in [0.2, 0.25) is 0 Å². The molecule has 7 heteroatoms. The van der Waals surface area contributed by atoms with Crippen LogP contribution in [0.3, 0.4) is 0 Å². The molecule has 1 fully saturated rings. The number of nitrogens with zero attached hydrogens (tertiary/aromatic N) is 2. The van der Waals surface area contributed by atoms with Gasteiger partial charge in [-0.1, -0.05) is 6.92 Å². The van der Waals surface area contributed by atoms with Crippen molar-refractivity contribution >= 4 is 22.7 Å². The third-order valence-corrected chi connectivity index (χ3v) is 4.44. The molecule has 0 spiro atoms. The van der Waals surface area contributed by atoms with E-state index in [1.807, 2.05) is 7.05 Å². The SMILES string of the molecule is CC(CS(=O)CC(=O)N1CCN(C)CC1)C(=O)O. The second kappa shape index (κ2) is 6.84. The number of carbonyl (C=O) groups excluding carboxylic acids is 1. The van der Waals surface area contributed by atoms with E-state index in [4.69, 9.17) is 5.11 Å². The standard InChI is InChI=1S/C11H20N2O4S/c1-9(11(15)16)7-18(17)8-10(14)13-5-3-12(2)4-6-13/h9H,3-8H2,1-2H3,(H,15,16). The molecular formula is C11H20N2O4S. The molecule has 1 aliphatic heterocycles. The predicted octanol–water partition coefficient (Wildman–Crippen LogP) is -0.770. The average Bonchev–Trinajstić information content (AvgIpc) is 2.29. The maximum atomic E-state index is 11.8. The predicted molar refractivity (Wildman–Crippen MR) is 68.8 cm³/mol. The van der Waals surface area contributed by atoms with E-state index in [-0.39, 0.29) is 17.4 Å². The molecule has 0 aromatic rings. The Balaban J connectivity index is 2.35. The van der Waals surface area contributed by atoms with Gasteiger partial charge < -0.3 is 14.9 Å². The van der Waals surface area contributed by atoms with Gasteiger partial charge in [0.1, 0.15) is 5.75 Å². The second-order valence-electron chi connectivity index (χ2n) is 4.67. The number of carbonyl (C=O) groups is 2. The highest BCUT2D eigenvalue weighted by atomic mass is 32.2. The van der Waals surface area contributed by atoms with Crippen molar-refractivity contribution in [1.82, 2.24) is 9.80 Å². The van der Waals surface area contributed by atoms with Crippen LogP contribution < -0.4 is 0 Å². The van der Waals surface area contributed by atoms with Crippen molar-refractivity contribution in [3.63, 3.8) is 0 Å². The normalized spacial score (nSPS) is 20.4. The summed E-state index contributed by atoms with van der Waals surface area (Å²) >= 11 is 0. The summed E-state index contributed by atoms with van der Waals surface area (Å²) in [5.41, 5.74) is 0. The Kier molecular flexibility index (Phi) is 5.74. The first kappa shape index (κ1) is 15.1. The highest BCUT2D eigenvalue weighted by Gasteiger charge is 2.22. The monoisotopic (exact) mass is 276 g/mol. The summed E-state index contributed by atoms with van der Waals surface area (Å²) in [5, 5.41) is 8.71. The first-order chi connectivity index (χ1) is 8.40. The van der Waals surface area contributed by atoms with E-state index in [0.717, 1.165) is 13.1 Å². The van der Waals surface area contributed by atoms with Crippen LogP contribution in [0.5, 0.6) is 0 Å². The third-order valence-electron chi connectivity index (χ3n) is 3.00. The van der Waals surface area contributed by atoms with Gasteiger partial charge in [0, 0.05) is 42.7 Å². The maximum absolute atomic E-state index is 11.8. The molecule has 0 radical (unpaired) electrons. The van der Waals surface area contributed by atoms with Crippen LogP contribution in [0.1, 0.15) is 6.92 Å². The Bertz CT molecular complexity index is 340. The summed E-state index contributed by atoms with van der Waals surface area (Å²) in [4.78, 5) is 26.3. The molecule has 0 aliphatic carbocycles. The minimum Gasteiger partial charge on any atom is -0.481 e. The molecule has 18 heavy (non-hydrogen) atoms. The van der Waals surface area contributed by atoms with Crippen molar-refractivity contribution in [2.75, 3.05) is 44.7 Å². The smallest absolute Gasteiger partial charge is 0.307 e. The summed E-state index contributed by atoms with van der Waals surface area (Å²) in [6.07, 6.45) is 0. The summed E-state index contributed by atoms with van der Waals surface area (Å²) in [5.74, 6) is -1.82. The number of aliphatic carboxylic acids is 1. The van der Waals surface area contributed by atoms with E-state index in [1.54, 1.807) is 4.90 Å². The Labute approximate surface area is 109 Å². The summed E-state index contributed by atoms with van der Waals surface area (Å²) in [6, 6.07) is 0. The van der Waals surface area contributed by atoms with E-state index in [1.165, 1.54) is 6.92 Å². The minimum atomic E-state index is -1.40. The molecule has 1 N–H and O–H groups in total. The molecule has 0 aromatic heterocycles. The first-order valence-corrected chi connectivity index (χ1v) is 7.43. The topological polar surface area (TPSA) is 77.9 Å². The molecule has 1 amide bonds. The lowest BCUT2D eigenvalue weighted by atomic mass is 10.2. The van der Waals surface area contributed by atoms with E-state index in [9.17, 15) is 13.8 Å². The Morgan fingerprint density at radius 3 is 2.33 bits per heavy atom. The molecule has 1 rings (SSSR count). The fraction of sp³-hybridized carbons (Fsp3) is 0.818. The number of hydrogen-bond acceptors (Lipinski definition) is 4. The zero-order valence-corrected chi connectivity index (χ0v) is 11.6. The average molecular weight is 276 g/mol. The number of amides is 1. The number of carboxylic acids is 1. The van der Waals surface area contributed by atoms with Gasteiger partial charge in [0.05, 0.1) is 5.92 Å². The fourth-order valence-electron chi connectivity index (χ4n) is 1.69. The zero-order chi connectivity index (χ0) is 13.7. The molecule has 6 nitrogen and oxygen atoms in total. The summed E-state index contributed by atoms with van der Waals surface area (Å²) < 4.78 is 11.7. The molecule has 0 saturated carbocycles. The van der Waals surface area contributed by atoms with Crippen molar-refractivity contribution in [2.45, 2.75) is 6.92 Å². The van der Waals surface area contributed by atoms with Gasteiger partial charge in [-0.25, -0.2) is 0 Å². The molecule has 0 aromatic carbocycles. The number of likely N-dealkylation sites (N-methyl/N-ethyl adjacent to an activating group) is 1. The molecule has 0 bridgehead atoms. The van der Waals surface area contributed by atoms with Crippen molar-refractivity contribution in [1.29, 1.82) is 0 Å². The first-order valence-electron chi connectivity index (χ1n) is 5.94. The van der Waals surface area contributed by atoms with Crippen LogP contribution in [0.25, 0.3) is 0 Å². The number of carboxylic acid groups (broad SMARTS) is 1. The highest BCUT2D eigenvalue weighted by molar-refractivity contribution is 7.85. The Morgan fingerprint density at radius 1 is 1.28 bits per heavy atom. The number of rotatable bonds is 5. The quantitative estimate of drug-likeness (QED) is 0.713. The van der Waals surface area contributed by atoms with Gasteiger partial charge in [0.15, 0.2) is 0 Å². The van der Waals surface area contributed by atoms with E-state index >= 15 is 0 Å². The lowest BCUT2D eigenvalue weighted by Gasteiger charge is -2.32. The van der Waals surface area contributed by atoms with Gasteiger partial charge in [-0.05, 0) is 7.05 Å². The van der Waals surface area contributed by atoms with Crippen LogP contribution in [0.15, 0.2) is 0 Å². The summed E-state index contributed by atoms with van der Waals surface area (Å²) in [7, 11) is 0.598. The number of hydrogen-bond donors (Lipinski definition) is 1. The van der Waals surface area contributed by atoms with Gasteiger partial charge in [-0.15, -0.1) is 0 Å². The molecule has 1 saturated heterocycles. The zero-order valence-electron chi connectivity index (χ0n) is 10.8. The fourth-order valence-corrected chi connectivity index (χ4v) is 2.97. The van der Waals surface area contributed by atoms with Crippen LogP contribution >= 0.6 is 0 Å². The minimum absolute atomic E-state index is 0.0365. The van der Waals surface area contributed by atoms with Gasteiger partial charge in [-0.2, -0.15) is 0 Å². The molecule has 1 heterocycles. The lowest BCUT2D eigenvalue weighted by Crippen LogP contribution is -2.48. The van der Waals surface area contributed by atoms with E-state index in [2.05, 4.69) is 4.90 Å². The van der Waals surface area contributed by atoms with Gasteiger partial charge in [0.2, 0.25) is 5.91 Å². The van der Waals surface area contributed by atoms with Gasteiger partial charge in [-0.3, -0.25) is 13.8 Å². The Hall–Kier alpha value is -0.950. The van der Waals surface area contributed by atoms with Gasteiger partial charge in [0.25, 0.3) is 0 Å². The molecule has 1 aliphatic rings. The third kappa shape index (κ3) is 4.73. The number of piperazine rings is 1. The van der Waals surface area contributed by atoms with Crippen LogP contribution in [0, 0.1) is 5.92 Å². The molecule has 104 valence electrons. The van der Waals surface area contributed by atoms with Crippen molar-refractivity contribution in [3.8, 4) is 0 Å². The maximum Gasteiger partial charge on any atom is 0.307 e. The Morgan fingerprint density at radius 2 is 1.83 bits per heavy atom. The largest absolute Gasteiger partial charge is 0.481 e. The molecule has 2 unspecified atom stereocenters. The van der Waals surface area contributed by atoms with Crippen LogP contribution in [0.4, 0.5) is 0 Å². The second-order valence-corrected chi connectivity index (χ2v) is 6.18. The van der Waals surface area contributed by atoms with Gasteiger partial charge >= 0.3 is 5.97 Å². The highest BCUT2D eigenvalue weighted by Crippen LogP contribution is 2.03. The van der Waals surface area contributed by atoms with Crippen molar-refractivity contribution in [3.05, 3.63) is 0 Å².